The Balaban J connectivity index is 1.68. The van der Waals surface area contributed by atoms with Crippen LogP contribution in [0.15, 0.2) is 52.9 Å². The van der Waals surface area contributed by atoms with Crippen LogP contribution in [-0.2, 0) is 4.79 Å². The van der Waals surface area contributed by atoms with E-state index in [9.17, 15) is 14.0 Å². The molecule has 0 spiro atoms. The first-order chi connectivity index (χ1) is 11.6. The van der Waals surface area contributed by atoms with Crippen molar-refractivity contribution in [2.75, 3.05) is 11.9 Å². The molecule has 1 aromatic heterocycles. The van der Waals surface area contributed by atoms with Gasteiger partial charge in [-0.2, -0.15) is 0 Å². The summed E-state index contributed by atoms with van der Waals surface area (Å²) in [6, 6.07) is 13.4. The molecule has 0 fully saturated rings. The van der Waals surface area contributed by atoms with Crippen molar-refractivity contribution in [1.82, 2.24) is 5.32 Å². The number of amides is 2. The van der Waals surface area contributed by atoms with Crippen LogP contribution in [0.2, 0.25) is 0 Å². The number of benzene rings is 2. The number of aryl methyl sites for hydroxylation is 1. The summed E-state index contributed by atoms with van der Waals surface area (Å²) in [5.41, 5.74) is 1.21. The molecular formula is C18H15FN2O3. The Labute approximate surface area is 137 Å². The Bertz CT molecular complexity index is 903. The van der Waals surface area contributed by atoms with Gasteiger partial charge < -0.3 is 15.1 Å². The molecule has 3 aromatic rings. The van der Waals surface area contributed by atoms with Crippen molar-refractivity contribution < 1.29 is 18.4 Å². The second-order valence-corrected chi connectivity index (χ2v) is 5.27. The standard InChI is InChI=1S/C18H15FN2O3/c1-11-13-8-5-9-14(19)17(13)24-16(11)18(23)20-10-15(22)21-12-6-3-2-4-7-12/h2-9H,10H2,1H3,(H,20,23)(H,21,22). The molecule has 5 nitrogen and oxygen atoms in total. The summed E-state index contributed by atoms with van der Waals surface area (Å²) in [5.74, 6) is -1.46. The minimum Gasteiger partial charge on any atom is -0.448 e. The van der Waals surface area contributed by atoms with Gasteiger partial charge in [-0.1, -0.05) is 30.3 Å². The molecule has 2 amide bonds. The highest BCUT2D eigenvalue weighted by molar-refractivity contribution is 6.01. The first-order valence-electron chi connectivity index (χ1n) is 7.37. The third-order valence-electron chi connectivity index (χ3n) is 3.59. The van der Waals surface area contributed by atoms with Gasteiger partial charge in [-0.3, -0.25) is 9.59 Å². The Morgan fingerprint density at radius 1 is 1.08 bits per heavy atom. The summed E-state index contributed by atoms with van der Waals surface area (Å²) in [7, 11) is 0. The van der Waals surface area contributed by atoms with Gasteiger partial charge in [-0.05, 0) is 25.1 Å². The van der Waals surface area contributed by atoms with Gasteiger partial charge in [0, 0.05) is 16.6 Å². The highest BCUT2D eigenvalue weighted by Gasteiger charge is 2.19. The summed E-state index contributed by atoms with van der Waals surface area (Å²) in [5, 5.41) is 5.66. The zero-order chi connectivity index (χ0) is 17.1. The highest BCUT2D eigenvalue weighted by Crippen LogP contribution is 2.27. The number of hydrogen-bond acceptors (Lipinski definition) is 3. The molecule has 6 heteroatoms. The lowest BCUT2D eigenvalue weighted by Gasteiger charge is -2.06. The van der Waals surface area contributed by atoms with Gasteiger partial charge >= 0.3 is 0 Å². The number of rotatable bonds is 4. The summed E-state index contributed by atoms with van der Waals surface area (Å²) >= 11 is 0. The predicted molar refractivity (Wildman–Crippen MR) is 88.3 cm³/mol. The molecule has 0 unspecified atom stereocenters. The third kappa shape index (κ3) is 3.12. The van der Waals surface area contributed by atoms with E-state index in [0.717, 1.165) is 0 Å². The number of nitrogens with one attached hydrogen (secondary N) is 2. The maximum Gasteiger partial charge on any atom is 0.287 e. The molecule has 2 aromatic carbocycles. The van der Waals surface area contributed by atoms with Gasteiger partial charge in [0.25, 0.3) is 5.91 Å². The van der Waals surface area contributed by atoms with Crippen molar-refractivity contribution in [2.24, 2.45) is 0 Å². The first kappa shape index (κ1) is 15.7. The number of hydrogen-bond donors (Lipinski definition) is 2. The van der Waals surface area contributed by atoms with Crippen LogP contribution in [0.25, 0.3) is 11.0 Å². The number of fused-ring (bicyclic) bond motifs is 1. The van der Waals surface area contributed by atoms with Crippen LogP contribution in [0, 0.1) is 12.7 Å². The topological polar surface area (TPSA) is 71.3 Å². The average molecular weight is 326 g/mol. The SMILES string of the molecule is Cc1c(C(=O)NCC(=O)Nc2ccccc2)oc2c(F)cccc12. The fourth-order valence-corrected chi connectivity index (χ4v) is 2.39. The predicted octanol–water partition coefficient (Wildman–Crippen LogP) is 3.25. The summed E-state index contributed by atoms with van der Waals surface area (Å²) in [4.78, 5) is 24.0. The van der Waals surface area contributed by atoms with E-state index in [1.54, 1.807) is 43.3 Å². The van der Waals surface area contributed by atoms with Crippen LogP contribution in [0.4, 0.5) is 10.1 Å². The van der Waals surface area contributed by atoms with Crippen LogP contribution in [-0.4, -0.2) is 18.4 Å². The Morgan fingerprint density at radius 2 is 1.83 bits per heavy atom. The van der Waals surface area contributed by atoms with Gasteiger partial charge in [-0.15, -0.1) is 0 Å². The van der Waals surface area contributed by atoms with Crippen LogP contribution >= 0.6 is 0 Å². The lowest BCUT2D eigenvalue weighted by molar-refractivity contribution is -0.115. The van der Waals surface area contributed by atoms with Crippen molar-refractivity contribution in [3.63, 3.8) is 0 Å². The van der Waals surface area contributed by atoms with E-state index >= 15 is 0 Å². The van der Waals surface area contributed by atoms with Crippen molar-refractivity contribution in [3.8, 4) is 0 Å². The molecule has 0 bridgehead atoms. The van der Waals surface area contributed by atoms with Gasteiger partial charge in [0.1, 0.15) is 0 Å². The number of furan rings is 1. The molecule has 0 radical (unpaired) electrons. The van der Waals surface area contributed by atoms with E-state index in [0.29, 0.717) is 16.6 Å². The number of para-hydroxylation sites is 2. The van der Waals surface area contributed by atoms with Crippen LogP contribution in [0.3, 0.4) is 0 Å². The molecule has 0 saturated heterocycles. The van der Waals surface area contributed by atoms with Crippen LogP contribution < -0.4 is 10.6 Å². The third-order valence-corrected chi connectivity index (χ3v) is 3.59. The molecule has 0 aliphatic heterocycles. The van der Waals surface area contributed by atoms with E-state index in [2.05, 4.69) is 10.6 Å². The molecule has 0 atom stereocenters. The Hall–Kier alpha value is -3.15. The van der Waals surface area contributed by atoms with Gasteiger partial charge in [-0.25, -0.2) is 4.39 Å². The summed E-state index contributed by atoms with van der Waals surface area (Å²) in [6.45, 7) is 1.46. The van der Waals surface area contributed by atoms with E-state index in [1.165, 1.54) is 6.07 Å². The minimum absolute atomic E-state index is 0.00242. The van der Waals surface area contributed by atoms with Crippen LogP contribution in [0.1, 0.15) is 16.1 Å². The zero-order valence-corrected chi connectivity index (χ0v) is 12.9. The zero-order valence-electron chi connectivity index (χ0n) is 12.9. The second kappa shape index (κ2) is 6.54. The second-order valence-electron chi connectivity index (χ2n) is 5.27. The molecular weight excluding hydrogens is 311 g/mol. The maximum absolute atomic E-state index is 13.7. The highest BCUT2D eigenvalue weighted by atomic mass is 19.1. The Morgan fingerprint density at radius 3 is 2.54 bits per heavy atom. The largest absolute Gasteiger partial charge is 0.448 e. The van der Waals surface area contributed by atoms with Crippen molar-refractivity contribution in [3.05, 3.63) is 65.7 Å². The minimum atomic E-state index is -0.564. The number of halogens is 1. The molecule has 24 heavy (non-hydrogen) atoms. The molecule has 0 aliphatic carbocycles. The number of carbonyl (C=O) groups is 2. The maximum atomic E-state index is 13.7. The van der Waals surface area contributed by atoms with Gasteiger partial charge in [0.05, 0.1) is 6.54 Å². The number of carbonyl (C=O) groups excluding carboxylic acids is 2. The van der Waals surface area contributed by atoms with Crippen molar-refractivity contribution in [2.45, 2.75) is 6.92 Å². The monoisotopic (exact) mass is 326 g/mol. The number of anilines is 1. The molecule has 0 aliphatic rings. The first-order valence-corrected chi connectivity index (χ1v) is 7.37. The van der Waals surface area contributed by atoms with Gasteiger partial charge in [0.2, 0.25) is 5.91 Å². The normalized spacial score (nSPS) is 10.6. The molecule has 0 saturated carbocycles. The van der Waals surface area contributed by atoms with E-state index in [-0.39, 0.29) is 23.8 Å². The fraction of sp³-hybridized carbons (Fsp3) is 0.111. The van der Waals surface area contributed by atoms with Crippen LogP contribution in [0.5, 0.6) is 0 Å². The molecule has 3 rings (SSSR count). The van der Waals surface area contributed by atoms with Crippen molar-refractivity contribution in [1.29, 1.82) is 0 Å². The smallest absolute Gasteiger partial charge is 0.287 e. The van der Waals surface area contributed by atoms with Crippen molar-refractivity contribution >= 4 is 28.5 Å². The molecule has 122 valence electrons. The lowest BCUT2D eigenvalue weighted by Crippen LogP contribution is -2.32. The van der Waals surface area contributed by atoms with Gasteiger partial charge in [0.15, 0.2) is 17.2 Å². The molecule has 2 N–H and O–H groups in total. The summed E-state index contributed by atoms with van der Waals surface area (Å²) in [6.07, 6.45) is 0. The lowest BCUT2D eigenvalue weighted by atomic mass is 10.1. The van der Waals surface area contributed by atoms with E-state index in [4.69, 9.17) is 4.42 Å². The average Bonchev–Trinajstić information content (AvgIpc) is 2.92. The van der Waals surface area contributed by atoms with E-state index < -0.39 is 11.7 Å². The Kier molecular flexibility index (Phi) is 4.29. The fourth-order valence-electron chi connectivity index (χ4n) is 2.39. The van der Waals surface area contributed by atoms with E-state index in [1.807, 2.05) is 6.07 Å². The quantitative estimate of drug-likeness (QED) is 0.773. The molecule has 1 heterocycles. The summed E-state index contributed by atoms with van der Waals surface area (Å²) < 4.78 is 19.0.